The second-order valence-corrected chi connectivity index (χ2v) is 11.7. The van der Waals surface area contributed by atoms with E-state index >= 15 is 0 Å². The van der Waals surface area contributed by atoms with Crippen molar-refractivity contribution in [3.8, 4) is 22.5 Å². The van der Waals surface area contributed by atoms with Crippen LogP contribution in [0.25, 0.3) is 33.4 Å². The van der Waals surface area contributed by atoms with Crippen molar-refractivity contribution in [2.24, 2.45) is 0 Å². The van der Waals surface area contributed by atoms with Crippen molar-refractivity contribution < 1.29 is 26.8 Å². The number of fused-ring (bicyclic) bond motifs is 1. The normalized spacial score (nSPS) is 11.9. The number of nitrogens with one attached hydrogen (secondary N) is 2. The topological polar surface area (TPSA) is 105 Å². The molecule has 0 atom stereocenters. The molecule has 9 heteroatoms. The van der Waals surface area contributed by atoms with Crippen molar-refractivity contribution in [2.45, 2.75) is 25.5 Å². The first-order chi connectivity index (χ1) is 16.9. The van der Waals surface area contributed by atoms with E-state index in [0.29, 0.717) is 39.0 Å². The summed E-state index contributed by atoms with van der Waals surface area (Å²) in [5.41, 5.74) is 2.81. The molecule has 0 aliphatic heterocycles. The third-order valence-corrected chi connectivity index (χ3v) is 7.81. The third-order valence-electron chi connectivity index (χ3n) is 5.74. The summed E-state index contributed by atoms with van der Waals surface area (Å²) in [6.45, 7) is 4.51. The maximum Gasteiger partial charge on any atom is 0.264 e. The highest BCUT2D eigenvalue weighted by Gasteiger charge is 2.31. The van der Waals surface area contributed by atoms with Crippen molar-refractivity contribution in [2.75, 3.05) is 7.05 Å². The van der Waals surface area contributed by atoms with E-state index in [2.05, 4.69) is 10.0 Å². The molecule has 0 spiro atoms. The highest BCUT2D eigenvalue weighted by atomic mass is 32.2. The quantitative estimate of drug-likeness (QED) is 0.389. The van der Waals surface area contributed by atoms with Crippen LogP contribution in [0.2, 0.25) is 0 Å². The van der Waals surface area contributed by atoms with Crippen LogP contribution in [0.15, 0.2) is 71.1 Å². The molecule has 0 saturated heterocycles. The Kier molecular flexibility index (Phi) is 6.44. The maximum absolute atomic E-state index is 13.4. The van der Waals surface area contributed by atoms with Crippen LogP contribution in [0.5, 0.6) is 0 Å². The summed E-state index contributed by atoms with van der Waals surface area (Å²) in [4.78, 5) is 25.5. The number of halogens is 1. The fourth-order valence-electron chi connectivity index (χ4n) is 3.61. The van der Waals surface area contributed by atoms with Crippen LogP contribution in [-0.2, 0) is 10.0 Å². The molecule has 0 aliphatic rings. The van der Waals surface area contributed by atoms with Crippen LogP contribution < -0.4 is 10.0 Å². The lowest BCUT2D eigenvalue weighted by atomic mass is 9.99. The van der Waals surface area contributed by atoms with Crippen molar-refractivity contribution >= 4 is 32.8 Å². The van der Waals surface area contributed by atoms with Gasteiger partial charge in [-0.3, -0.25) is 9.59 Å². The molecule has 2 amide bonds. The zero-order valence-electron chi connectivity index (χ0n) is 20.2. The van der Waals surface area contributed by atoms with Gasteiger partial charge in [0.15, 0.2) is 0 Å². The van der Waals surface area contributed by atoms with Crippen LogP contribution in [0.1, 0.15) is 41.5 Å². The SMILES string of the molecule is CNC(=O)c1c(-c2ccc(F)cc2)oc2ccc(-c3cccc(C(=O)NS(=O)(=O)C(C)(C)C)c3)cc12. The molecule has 7 nitrogen and oxygen atoms in total. The van der Waals surface area contributed by atoms with Gasteiger partial charge in [-0.05, 0) is 80.4 Å². The highest BCUT2D eigenvalue weighted by Crippen LogP contribution is 2.36. The number of benzene rings is 3. The summed E-state index contributed by atoms with van der Waals surface area (Å²) in [7, 11) is -2.37. The van der Waals surface area contributed by atoms with Gasteiger partial charge in [0.25, 0.3) is 11.8 Å². The number of furan rings is 1. The van der Waals surface area contributed by atoms with Crippen LogP contribution in [0.3, 0.4) is 0 Å². The predicted molar refractivity (Wildman–Crippen MR) is 137 cm³/mol. The minimum atomic E-state index is -3.88. The maximum atomic E-state index is 13.4. The lowest BCUT2D eigenvalue weighted by molar-refractivity contribution is 0.0961. The zero-order valence-corrected chi connectivity index (χ0v) is 21.0. The van der Waals surface area contributed by atoms with Gasteiger partial charge in [-0.15, -0.1) is 0 Å². The van der Waals surface area contributed by atoms with Gasteiger partial charge < -0.3 is 9.73 Å². The van der Waals surface area contributed by atoms with E-state index in [1.807, 2.05) is 0 Å². The van der Waals surface area contributed by atoms with E-state index in [0.717, 1.165) is 0 Å². The molecule has 186 valence electrons. The standard InChI is InChI=1S/C27H25FN2O5S/c1-27(2,3)36(33,34)30-25(31)19-7-5-6-17(14-19)18-10-13-22-21(15-18)23(26(32)29-4)24(35-22)16-8-11-20(28)12-9-16/h5-15H,1-4H3,(H,29,32)(H,30,31). The molecule has 4 aromatic rings. The molecule has 1 aromatic heterocycles. The molecule has 0 unspecified atom stereocenters. The second kappa shape index (κ2) is 9.23. The third kappa shape index (κ3) is 4.74. The average molecular weight is 509 g/mol. The number of hydrogen-bond donors (Lipinski definition) is 2. The number of carbonyl (C=O) groups excluding carboxylic acids is 2. The van der Waals surface area contributed by atoms with Crippen LogP contribution in [0.4, 0.5) is 4.39 Å². The summed E-state index contributed by atoms with van der Waals surface area (Å²) < 4.78 is 45.2. The summed E-state index contributed by atoms with van der Waals surface area (Å²) in [5.74, 6) is -1.20. The fourth-order valence-corrected chi connectivity index (χ4v) is 4.27. The molecule has 36 heavy (non-hydrogen) atoms. The van der Waals surface area contributed by atoms with E-state index in [-0.39, 0.29) is 11.5 Å². The largest absolute Gasteiger partial charge is 0.455 e. The molecule has 3 aromatic carbocycles. The number of rotatable bonds is 5. The van der Waals surface area contributed by atoms with E-state index in [9.17, 15) is 22.4 Å². The summed E-state index contributed by atoms with van der Waals surface area (Å²) in [5, 5.41) is 3.15. The minimum absolute atomic E-state index is 0.172. The lowest BCUT2D eigenvalue weighted by Crippen LogP contribution is -2.42. The van der Waals surface area contributed by atoms with Gasteiger partial charge in [-0.25, -0.2) is 17.5 Å². The van der Waals surface area contributed by atoms with E-state index < -0.39 is 26.5 Å². The molecule has 4 rings (SSSR count). The molecule has 2 N–H and O–H groups in total. The first-order valence-electron chi connectivity index (χ1n) is 11.1. The summed E-state index contributed by atoms with van der Waals surface area (Å²) in [6, 6.07) is 17.4. The smallest absolute Gasteiger partial charge is 0.264 e. The van der Waals surface area contributed by atoms with E-state index in [1.54, 1.807) is 36.4 Å². The molecule has 0 bridgehead atoms. The number of sulfonamides is 1. The Bertz CT molecular complexity index is 1580. The Morgan fingerprint density at radius 2 is 1.50 bits per heavy atom. The first kappa shape index (κ1) is 25.1. The molecule has 0 fully saturated rings. The van der Waals surface area contributed by atoms with Gasteiger partial charge in [0.05, 0.1) is 10.3 Å². The Hall–Kier alpha value is -3.98. The van der Waals surface area contributed by atoms with Gasteiger partial charge in [-0.1, -0.05) is 18.2 Å². The molecule has 0 radical (unpaired) electrons. The highest BCUT2D eigenvalue weighted by molar-refractivity contribution is 7.91. The average Bonchev–Trinajstić information content (AvgIpc) is 3.22. The molecular formula is C27H25FN2O5S. The van der Waals surface area contributed by atoms with Crippen molar-refractivity contribution in [3.63, 3.8) is 0 Å². The number of carbonyl (C=O) groups is 2. The second-order valence-electron chi connectivity index (χ2n) is 9.23. The first-order valence-corrected chi connectivity index (χ1v) is 12.6. The Morgan fingerprint density at radius 1 is 0.861 bits per heavy atom. The van der Waals surface area contributed by atoms with Gasteiger partial charge in [0.2, 0.25) is 10.0 Å². The number of hydrogen-bond acceptors (Lipinski definition) is 5. The molecular weight excluding hydrogens is 483 g/mol. The van der Waals surface area contributed by atoms with Gasteiger partial charge in [0, 0.05) is 23.6 Å². The van der Waals surface area contributed by atoms with Gasteiger partial charge in [-0.2, -0.15) is 0 Å². The Balaban J connectivity index is 1.78. The monoisotopic (exact) mass is 508 g/mol. The van der Waals surface area contributed by atoms with E-state index in [4.69, 9.17) is 4.42 Å². The summed E-state index contributed by atoms with van der Waals surface area (Å²) >= 11 is 0. The van der Waals surface area contributed by atoms with Crippen LogP contribution in [0, 0.1) is 5.82 Å². The molecule has 1 heterocycles. The van der Waals surface area contributed by atoms with E-state index in [1.165, 1.54) is 58.2 Å². The zero-order chi connectivity index (χ0) is 26.3. The van der Waals surface area contributed by atoms with Crippen molar-refractivity contribution in [1.82, 2.24) is 10.0 Å². The molecule has 0 aliphatic carbocycles. The van der Waals surface area contributed by atoms with Crippen molar-refractivity contribution in [1.29, 1.82) is 0 Å². The van der Waals surface area contributed by atoms with Crippen LogP contribution in [-0.4, -0.2) is 32.0 Å². The van der Waals surface area contributed by atoms with Crippen LogP contribution >= 0.6 is 0 Å². The fraction of sp³-hybridized carbons (Fsp3) is 0.185. The lowest BCUT2D eigenvalue weighted by Gasteiger charge is -2.19. The van der Waals surface area contributed by atoms with Crippen molar-refractivity contribution in [3.05, 3.63) is 83.7 Å². The Morgan fingerprint density at radius 3 is 2.14 bits per heavy atom. The summed E-state index contributed by atoms with van der Waals surface area (Å²) in [6.07, 6.45) is 0. The predicted octanol–water partition coefficient (Wildman–Crippen LogP) is 5.12. The number of amides is 2. The van der Waals surface area contributed by atoms with Gasteiger partial charge in [0.1, 0.15) is 17.2 Å². The minimum Gasteiger partial charge on any atom is -0.455 e. The molecule has 0 saturated carbocycles. The Labute approximate surface area is 208 Å². The van der Waals surface area contributed by atoms with Gasteiger partial charge >= 0.3 is 0 Å².